The van der Waals surface area contributed by atoms with Crippen LogP contribution in [0.5, 0.6) is 0 Å². The summed E-state index contributed by atoms with van der Waals surface area (Å²) in [6, 6.07) is 28.4. The van der Waals surface area contributed by atoms with Crippen molar-refractivity contribution in [2.24, 2.45) is 5.92 Å². The molecule has 6 aromatic rings. The van der Waals surface area contributed by atoms with Crippen LogP contribution in [0.4, 0.5) is 9.59 Å². The second-order valence-corrected chi connectivity index (χ2v) is 16.7. The molecule has 2 fully saturated rings. The lowest BCUT2D eigenvalue weighted by Crippen LogP contribution is -2.51. The summed E-state index contributed by atoms with van der Waals surface area (Å²) < 4.78 is 9.60. The van der Waals surface area contributed by atoms with Crippen LogP contribution in [-0.2, 0) is 19.1 Å². The third-order valence-corrected chi connectivity index (χ3v) is 12.6. The zero-order valence-electron chi connectivity index (χ0n) is 34.4. The van der Waals surface area contributed by atoms with Crippen molar-refractivity contribution in [2.75, 3.05) is 33.1 Å². The Morgan fingerprint density at radius 1 is 0.705 bits per heavy atom. The van der Waals surface area contributed by atoms with E-state index in [1.54, 1.807) is 22.9 Å². The maximum absolute atomic E-state index is 13.9. The van der Waals surface area contributed by atoms with Crippen molar-refractivity contribution in [3.63, 3.8) is 0 Å². The Kier molecular flexibility index (Phi) is 12.1. The summed E-state index contributed by atoms with van der Waals surface area (Å²) in [5.41, 5.74) is 6.47. The molecule has 0 aliphatic carbocycles. The largest absolute Gasteiger partial charge is 0.453 e. The lowest BCUT2D eigenvalue weighted by Gasteiger charge is -2.30. The lowest BCUT2D eigenvalue weighted by molar-refractivity contribution is -0.135. The molecule has 0 saturated carbocycles. The van der Waals surface area contributed by atoms with E-state index in [4.69, 9.17) is 19.4 Å². The minimum atomic E-state index is -0.893. The molecule has 2 aliphatic heterocycles. The highest BCUT2D eigenvalue weighted by molar-refractivity contribution is 7.99. The molecule has 4 heterocycles. The maximum atomic E-state index is 13.9. The lowest BCUT2D eigenvalue weighted by atomic mass is 9.98. The molecule has 4 aromatic carbocycles. The molecule has 314 valence electrons. The summed E-state index contributed by atoms with van der Waals surface area (Å²) in [6.07, 6.45) is 3.93. The number of likely N-dealkylation sites (tertiary alicyclic amines) is 1. The first-order valence-corrected chi connectivity index (χ1v) is 21.4. The van der Waals surface area contributed by atoms with E-state index in [-0.39, 0.29) is 29.1 Å². The fourth-order valence-electron chi connectivity index (χ4n) is 8.09. The van der Waals surface area contributed by atoms with Crippen molar-refractivity contribution >= 4 is 46.5 Å². The zero-order chi connectivity index (χ0) is 42.6. The van der Waals surface area contributed by atoms with Gasteiger partial charge < -0.3 is 39.9 Å². The second kappa shape index (κ2) is 17.9. The highest BCUT2D eigenvalue weighted by atomic mass is 32.2. The van der Waals surface area contributed by atoms with E-state index in [0.29, 0.717) is 24.5 Å². The van der Waals surface area contributed by atoms with Gasteiger partial charge in [-0.15, -0.1) is 11.8 Å². The van der Waals surface area contributed by atoms with Crippen LogP contribution in [-0.4, -0.2) is 92.8 Å². The Bertz CT molecular complexity index is 2540. The van der Waals surface area contributed by atoms with Crippen molar-refractivity contribution in [1.82, 2.24) is 40.4 Å². The number of carbonyl (C=O) groups is 4. The van der Waals surface area contributed by atoms with E-state index in [0.717, 1.165) is 68.8 Å². The summed E-state index contributed by atoms with van der Waals surface area (Å²) in [4.78, 5) is 71.6. The first-order chi connectivity index (χ1) is 29.6. The molecule has 2 saturated heterocycles. The number of alkyl carbamates (subject to hydrolysis) is 2. The number of ether oxygens (including phenoxy) is 2. The van der Waals surface area contributed by atoms with Crippen LogP contribution in [0.15, 0.2) is 103 Å². The number of H-pyrrole nitrogens is 2. The van der Waals surface area contributed by atoms with Gasteiger partial charge in [-0.3, -0.25) is 9.59 Å². The Morgan fingerprint density at radius 2 is 1.31 bits per heavy atom. The van der Waals surface area contributed by atoms with E-state index >= 15 is 0 Å². The van der Waals surface area contributed by atoms with Crippen molar-refractivity contribution in [3.8, 4) is 33.6 Å². The molecule has 1 unspecified atom stereocenters. The van der Waals surface area contributed by atoms with Crippen molar-refractivity contribution in [1.29, 1.82) is 0 Å². The van der Waals surface area contributed by atoms with Gasteiger partial charge in [-0.1, -0.05) is 92.7 Å². The first kappa shape index (κ1) is 41.1. The van der Waals surface area contributed by atoms with Gasteiger partial charge >= 0.3 is 12.2 Å². The number of rotatable bonds is 11. The number of nitrogens with one attached hydrogen (secondary N) is 4. The van der Waals surface area contributed by atoms with E-state index in [1.165, 1.54) is 14.2 Å². The first-order valence-electron chi connectivity index (χ1n) is 20.3. The SMILES string of the molecule is COC(=O)NC(C(=O)N1CCS[C@H]1c1ncc(-c2ccc(-c3ccc4cc(-c5cnc([C@@H]6CCCN6C(=O)[C@@H](NC(=O)OC)C(C)C)[nH]5)ccc4c3)cc2)[nH]1)c1ccccc1. The zero-order valence-corrected chi connectivity index (χ0v) is 35.2. The molecule has 8 rings (SSSR count). The molecule has 61 heavy (non-hydrogen) atoms. The fourth-order valence-corrected chi connectivity index (χ4v) is 9.28. The van der Waals surface area contributed by atoms with E-state index < -0.39 is 24.3 Å². The molecule has 14 nitrogen and oxygen atoms in total. The van der Waals surface area contributed by atoms with Crippen LogP contribution in [0.2, 0.25) is 0 Å². The van der Waals surface area contributed by atoms with Gasteiger partial charge in [0, 0.05) is 24.4 Å². The van der Waals surface area contributed by atoms with Gasteiger partial charge in [0.2, 0.25) is 5.91 Å². The second-order valence-electron chi connectivity index (χ2n) is 15.5. The molecule has 15 heteroatoms. The molecule has 4 N–H and O–H groups in total. The van der Waals surface area contributed by atoms with Crippen LogP contribution in [0.1, 0.15) is 61.4 Å². The summed E-state index contributed by atoms with van der Waals surface area (Å²) in [5.74, 6) is 1.65. The van der Waals surface area contributed by atoms with Gasteiger partial charge in [0.15, 0.2) is 0 Å². The predicted octanol–water partition coefficient (Wildman–Crippen LogP) is 8.00. The number of fused-ring (bicyclic) bond motifs is 1. The Hall–Kier alpha value is -6.61. The van der Waals surface area contributed by atoms with Gasteiger partial charge in [0.25, 0.3) is 5.91 Å². The Labute approximate surface area is 357 Å². The summed E-state index contributed by atoms with van der Waals surface area (Å²) >= 11 is 1.62. The monoisotopic (exact) mass is 840 g/mol. The minimum Gasteiger partial charge on any atom is -0.453 e. The molecule has 2 aromatic heterocycles. The van der Waals surface area contributed by atoms with Crippen molar-refractivity contribution < 1.29 is 28.7 Å². The molecule has 0 spiro atoms. The molecule has 4 amide bonds. The number of hydrogen-bond acceptors (Lipinski definition) is 9. The molecule has 0 bridgehead atoms. The Balaban J connectivity index is 0.942. The number of aromatic nitrogens is 4. The number of imidazole rings is 2. The number of hydrogen-bond donors (Lipinski definition) is 4. The summed E-state index contributed by atoms with van der Waals surface area (Å²) in [6.45, 7) is 4.92. The van der Waals surface area contributed by atoms with Gasteiger partial charge in [-0.2, -0.15) is 0 Å². The third-order valence-electron chi connectivity index (χ3n) is 11.3. The maximum Gasteiger partial charge on any atom is 0.407 e. The number of amides is 4. The topological polar surface area (TPSA) is 175 Å². The van der Waals surface area contributed by atoms with Gasteiger partial charge in [0.1, 0.15) is 29.1 Å². The molecule has 4 atom stereocenters. The van der Waals surface area contributed by atoms with Crippen molar-refractivity contribution in [3.05, 3.63) is 121 Å². The molecule has 2 aliphatic rings. The number of nitrogens with zero attached hydrogens (tertiary/aromatic N) is 4. The standard InChI is InChI=1S/C46H48N8O6S/c1-27(2)38(51-45(57)59-3)42(55)53-20-8-11-37(53)40-47-26-36(49-40)34-19-18-32-23-31(16-17-33(32)24-34)28-12-14-29(15-13-28)35-25-48-41(50-35)44-54(21-22-61-44)43(56)39(52-46(58)60-4)30-9-6-5-7-10-30/h5-7,9-10,12-19,23-27,37-39,44H,8,11,20-22H2,1-4H3,(H,47,49)(H,48,50)(H,51,57)(H,52,58)/t37-,38-,39?,44-/m0/s1. The van der Waals surface area contributed by atoms with Gasteiger partial charge in [-0.05, 0) is 63.9 Å². The number of benzene rings is 4. The number of methoxy groups -OCH3 is 2. The average Bonchev–Trinajstić information content (AvgIpc) is 4.14. The van der Waals surface area contributed by atoms with Crippen LogP contribution in [0.3, 0.4) is 0 Å². The number of carbonyl (C=O) groups excluding carboxylic acids is 4. The van der Waals surface area contributed by atoms with Crippen LogP contribution in [0, 0.1) is 5.92 Å². The molecule has 0 radical (unpaired) electrons. The smallest absolute Gasteiger partial charge is 0.407 e. The third kappa shape index (κ3) is 8.69. The minimum absolute atomic E-state index is 0.109. The Morgan fingerprint density at radius 3 is 2.02 bits per heavy atom. The van der Waals surface area contributed by atoms with Crippen LogP contribution >= 0.6 is 11.8 Å². The molecular formula is C46H48N8O6S. The highest BCUT2D eigenvalue weighted by Gasteiger charge is 2.39. The van der Waals surface area contributed by atoms with E-state index in [2.05, 4.69) is 81.3 Å². The average molecular weight is 841 g/mol. The number of aromatic amines is 2. The fraction of sp³-hybridized carbons (Fsp3) is 0.304. The van der Waals surface area contributed by atoms with Gasteiger partial charge in [-0.25, -0.2) is 19.6 Å². The van der Waals surface area contributed by atoms with Crippen LogP contribution < -0.4 is 10.6 Å². The number of thioether (sulfide) groups is 1. The van der Waals surface area contributed by atoms with E-state index in [1.807, 2.05) is 55.3 Å². The van der Waals surface area contributed by atoms with E-state index in [9.17, 15) is 19.2 Å². The van der Waals surface area contributed by atoms with Crippen LogP contribution in [0.25, 0.3) is 44.4 Å². The predicted molar refractivity (Wildman–Crippen MR) is 234 cm³/mol. The van der Waals surface area contributed by atoms with Crippen molar-refractivity contribution in [2.45, 2.75) is 50.2 Å². The van der Waals surface area contributed by atoms with Gasteiger partial charge in [0.05, 0.1) is 44.0 Å². The molecular weight excluding hydrogens is 793 g/mol. The quantitative estimate of drug-likeness (QED) is 0.101. The normalized spacial score (nSPS) is 17.3. The summed E-state index contributed by atoms with van der Waals surface area (Å²) in [7, 11) is 2.57. The summed E-state index contributed by atoms with van der Waals surface area (Å²) in [5, 5.41) is 7.25. The highest BCUT2D eigenvalue weighted by Crippen LogP contribution is 2.39.